The van der Waals surface area contributed by atoms with Crippen molar-refractivity contribution in [2.24, 2.45) is 0 Å². The minimum Gasteiger partial charge on any atom is -0.344 e. The Bertz CT molecular complexity index is 495. The van der Waals surface area contributed by atoms with Gasteiger partial charge in [-0.1, -0.05) is 43.7 Å². The van der Waals surface area contributed by atoms with Gasteiger partial charge in [-0.15, -0.1) is 0 Å². The van der Waals surface area contributed by atoms with Gasteiger partial charge in [0.2, 0.25) is 11.8 Å². The molecule has 0 saturated carbocycles. The first kappa shape index (κ1) is 17.5. The molecule has 0 aromatic heterocycles. The van der Waals surface area contributed by atoms with Gasteiger partial charge in [0.05, 0.1) is 0 Å². The lowest BCUT2D eigenvalue weighted by Crippen LogP contribution is -2.51. The van der Waals surface area contributed by atoms with Gasteiger partial charge in [-0.3, -0.25) is 9.59 Å². The highest BCUT2D eigenvalue weighted by molar-refractivity contribution is 5.88. The van der Waals surface area contributed by atoms with E-state index in [9.17, 15) is 9.59 Å². The molecule has 4 nitrogen and oxygen atoms in total. The molecular formula is C19H28N2O2. The van der Waals surface area contributed by atoms with Crippen LogP contribution in [0.1, 0.15) is 51.0 Å². The van der Waals surface area contributed by atoms with Crippen LogP contribution in [-0.4, -0.2) is 35.8 Å². The van der Waals surface area contributed by atoms with E-state index >= 15 is 0 Å². The van der Waals surface area contributed by atoms with Gasteiger partial charge in [-0.05, 0) is 31.2 Å². The molecule has 126 valence electrons. The van der Waals surface area contributed by atoms with Crippen molar-refractivity contribution < 1.29 is 9.59 Å². The molecule has 1 atom stereocenters. The molecule has 1 heterocycles. The summed E-state index contributed by atoms with van der Waals surface area (Å²) in [5, 5.41) is 2.97. The molecule has 1 aromatic carbocycles. The number of carbonyl (C=O) groups is 2. The lowest BCUT2D eigenvalue weighted by atomic mass is 10.0. The third-order valence-corrected chi connectivity index (χ3v) is 4.34. The van der Waals surface area contributed by atoms with E-state index in [1.807, 2.05) is 35.2 Å². The van der Waals surface area contributed by atoms with E-state index in [1.165, 1.54) is 6.42 Å². The van der Waals surface area contributed by atoms with Crippen molar-refractivity contribution in [3.8, 4) is 0 Å². The average molecular weight is 316 g/mol. The summed E-state index contributed by atoms with van der Waals surface area (Å²) in [7, 11) is 0. The lowest BCUT2D eigenvalue weighted by Gasteiger charge is -2.31. The number of likely N-dealkylation sites (tertiary alicyclic amines) is 1. The quantitative estimate of drug-likeness (QED) is 0.841. The number of hydrogen-bond acceptors (Lipinski definition) is 2. The number of benzene rings is 1. The Morgan fingerprint density at radius 1 is 1.13 bits per heavy atom. The van der Waals surface area contributed by atoms with Crippen molar-refractivity contribution in [1.29, 1.82) is 0 Å². The lowest BCUT2D eigenvalue weighted by molar-refractivity contribution is -0.137. The molecule has 0 radical (unpaired) electrons. The predicted molar refractivity (Wildman–Crippen MR) is 92.0 cm³/mol. The fraction of sp³-hybridized carbons (Fsp3) is 0.579. The summed E-state index contributed by atoms with van der Waals surface area (Å²) in [6.45, 7) is 3.69. The van der Waals surface area contributed by atoms with Crippen LogP contribution in [0.5, 0.6) is 0 Å². The highest BCUT2D eigenvalue weighted by atomic mass is 16.2. The topological polar surface area (TPSA) is 49.4 Å². The second kappa shape index (κ2) is 9.33. The van der Waals surface area contributed by atoms with Crippen LogP contribution in [0.3, 0.4) is 0 Å². The SMILES string of the molecule is CCCCC(=O)N[C@@H](Cc1ccccc1)C(=O)N1CCCCC1. The zero-order chi connectivity index (χ0) is 16.5. The number of rotatable bonds is 7. The minimum atomic E-state index is -0.445. The van der Waals surface area contributed by atoms with E-state index in [2.05, 4.69) is 12.2 Å². The Morgan fingerprint density at radius 3 is 2.48 bits per heavy atom. The molecule has 1 aliphatic heterocycles. The molecule has 4 heteroatoms. The minimum absolute atomic E-state index is 0.0156. The summed E-state index contributed by atoms with van der Waals surface area (Å²) in [6.07, 6.45) is 6.22. The van der Waals surface area contributed by atoms with Crippen LogP contribution in [0.15, 0.2) is 30.3 Å². The molecule has 2 rings (SSSR count). The third-order valence-electron chi connectivity index (χ3n) is 4.34. The van der Waals surface area contributed by atoms with Crippen LogP contribution in [0.25, 0.3) is 0 Å². The molecule has 0 spiro atoms. The Balaban J connectivity index is 2.03. The molecule has 0 bridgehead atoms. The van der Waals surface area contributed by atoms with E-state index in [-0.39, 0.29) is 11.8 Å². The Morgan fingerprint density at radius 2 is 1.83 bits per heavy atom. The molecule has 1 N–H and O–H groups in total. The van der Waals surface area contributed by atoms with Crippen LogP contribution in [-0.2, 0) is 16.0 Å². The molecule has 1 aromatic rings. The van der Waals surface area contributed by atoms with Gasteiger partial charge in [0.25, 0.3) is 0 Å². The number of nitrogens with one attached hydrogen (secondary N) is 1. The highest BCUT2D eigenvalue weighted by Gasteiger charge is 2.26. The van der Waals surface area contributed by atoms with Gasteiger partial charge < -0.3 is 10.2 Å². The smallest absolute Gasteiger partial charge is 0.245 e. The van der Waals surface area contributed by atoms with Gasteiger partial charge in [0, 0.05) is 25.9 Å². The number of piperidine rings is 1. The molecule has 23 heavy (non-hydrogen) atoms. The van der Waals surface area contributed by atoms with Gasteiger partial charge in [0.15, 0.2) is 0 Å². The van der Waals surface area contributed by atoms with Crippen LogP contribution < -0.4 is 5.32 Å². The number of carbonyl (C=O) groups excluding carboxylic acids is 2. The first-order valence-electron chi connectivity index (χ1n) is 8.82. The molecule has 0 unspecified atom stereocenters. The second-order valence-corrected chi connectivity index (χ2v) is 6.30. The largest absolute Gasteiger partial charge is 0.344 e. The number of unbranched alkanes of at least 4 members (excludes halogenated alkanes) is 1. The van der Waals surface area contributed by atoms with Gasteiger partial charge in [0.1, 0.15) is 6.04 Å². The van der Waals surface area contributed by atoms with E-state index in [0.29, 0.717) is 12.8 Å². The van der Waals surface area contributed by atoms with E-state index in [0.717, 1.165) is 44.3 Å². The van der Waals surface area contributed by atoms with Crippen molar-refractivity contribution >= 4 is 11.8 Å². The number of hydrogen-bond donors (Lipinski definition) is 1. The first-order chi connectivity index (χ1) is 11.2. The molecule has 0 aliphatic carbocycles. The maximum absolute atomic E-state index is 12.8. The van der Waals surface area contributed by atoms with Crippen molar-refractivity contribution in [3.63, 3.8) is 0 Å². The Kier molecular flexibility index (Phi) is 7.11. The molecule has 1 saturated heterocycles. The Hall–Kier alpha value is -1.84. The van der Waals surface area contributed by atoms with Crippen LogP contribution >= 0.6 is 0 Å². The summed E-state index contributed by atoms with van der Waals surface area (Å²) in [4.78, 5) is 26.8. The van der Waals surface area contributed by atoms with Gasteiger partial charge >= 0.3 is 0 Å². The second-order valence-electron chi connectivity index (χ2n) is 6.30. The number of nitrogens with zero attached hydrogens (tertiary/aromatic N) is 1. The standard InChI is InChI=1S/C19H28N2O2/c1-2-3-12-18(22)20-17(15-16-10-6-4-7-11-16)19(23)21-13-8-5-9-14-21/h4,6-7,10-11,17H,2-3,5,8-9,12-15H2,1H3,(H,20,22)/t17-/m0/s1. The molecular weight excluding hydrogens is 288 g/mol. The van der Waals surface area contributed by atoms with Crippen LogP contribution in [0, 0.1) is 0 Å². The van der Waals surface area contributed by atoms with Crippen molar-refractivity contribution in [3.05, 3.63) is 35.9 Å². The van der Waals surface area contributed by atoms with E-state index in [1.54, 1.807) is 0 Å². The summed E-state index contributed by atoms with van der Waals surface area (Å²) in [5.41, 5.74) is 1.08. The third kappa shape index (κ3) is 5.70. The monoisotopic (exact) mass is 316 g/mol. The van der Waals surface area contributed by atoms with E-state index in [4.69, 9.17) is 0 Å². The Labute approximate surface area is 139 Å². The molecule has 1 aliphatic rings. The average Bonchev–Trinajstić information content (AvgIpc) is 2.60. The fourth-order valence-corrected chi connectivity index (χ4v) is 2.99. The summed E-state index contributed by atoms with van der Waals surface area (Å²) in [6, 6.07) is 9.47. The van der Waals surface area contributed by atoms with Crippen LogP contribution in [0.4, 0.5) is 0 Å². The van der Waals surface area contributed by atoms with Crippen molar-refractivity contribution in [2.45, 2.75) is 57.9 Å². The van der Waals surface area contributed by atoms with Gasteiger partial charge in [-0.2, -0.15) is 0 Å². The van der Waals surface area contributed by atoms with Crippen molar-refractivity contribution in [2.75, 3.05) is 13.1 Å². The van der Waals surface area contributed by atoms with Gasteiger partial charge in [-0.25, -0.2) is 0 Å². The number of amides is 2. The summed E-state index contributed by atoms with van der Waals surface area (Å²) < 4.78 is 0. The van der Waals surface area contributed by atoms with Crippen LogP contribution in [0.2, 0.25) is 0 Å². The van der Waals surface area contributed by atoms with E-state index < -0.39 is 6.04 Å². The highest BCUT2D eigenvalue weighted by Crippen LogP contribution is 2.13. The normalized spacial score (nSPS) is 16.0. The maximum Gasteiger partial charge on any atom is 0.245 e. The zero-order valence-electron chi connectivity index (χ0n) is 14.1. The predicted octanol–water partition coefficient (Wildman–Crippen LogP) is 2.92. The first-order valence-corrected chi connectivity index (χ1v) is 8.82. The molecule has 1 fully saturated rings. The maximum atomic E-state index is 12.8. The molecule has 2 amide bonds. The summed E-state index contributed by atoms with van der Waals surface area (Å²) in [5.74, 6) is 0.0524. The zero-order valence-corrected chi connectivity index (χ0v) is 14.1. The fourth-order valence-electron chi connectivity index (χ4n) is 2.99. The van der Waals surface area contributed by atoms with Crippen molar-refractivity contribution in [1.82, 2.24) is 10.2 Å². The summed E-state index contributed by atoms with van der Waals surface area (Å²) >= 11 is 0.